The van der Waals surface area contributed by atoms with Crippen molar-refractivity contribution in [3.8, 4) is 11.3 Å². The molecule has 2 heterocycles. The van der Waals surface area contributed by atoms with E-state index in [0.717, 1.165) is 5.56 Å². The summed E-state index contributed by atoms with van der Waals surface area (Å²) in [5, 5.41) is 2.70. The van der Waals surface area contributed by atoms with Crippen molar-refractivity contribution in [2.45, 2.75) is 18.7 Å². The number of Topliss-reactive ketones (excluding diaryl/α,β-unsaturated/α-hetero) is 1. The van der Waals surface area contributed by atoms with E-state index in [-0.39, 0.29) is 16.4 Å². The highest BCUT2D eigenvalue weighted by molar-refractivity contribution is 7.89. The number of morpholine rings is 1. The van der Waals surface area contributed by atoms with E-state index in [1.807, 2.05) is 0 Å². The van der Waals surface area contributed by atoms with Gasteiger partial charge in [-0.3, -0.25) is 9.59 Å². The fourth-order valence-electron chi connectivity index (χ4n) is 3.56. The molecule has 1 amide bonds. The van der Waals surface area contributed by atoms with Gasteiger partial charge in [-0.15, -0.1) is 0 Å². The number of carbonyl (C=O) groups excluding carboxylic acids is 2. The summed E-state index contributed by atoms with van der Waals surface area (Å²) in [6.45, 7) is 4.50. The van der Waals surface area contributed by atoms with E-state index in [2.05, 4.69) is 5.32 Å². The van der Waals surface area contributed by atoms with Crippen LogP contribution in [0.5, 0.6) is 0 Å². The predicted molar refractivity (Wildman–Crippen MR) is 123 cm³/mol. The first-order valence-corrected chi connectivity index (χ1v) is 11.9. The number of anilines is 1. The fourth-order valence-corrected chi connectivity index (χ4v) is 5.22. The summed E-state index contributed by atoms with van der Waals surface area (Å²) in [5.74, 6) is 0.0305. The van der Waals surface area contributed by atoms with Crippen molar-refractivity contribution in [1.82, 2.24) is 4.31 Å². The summed E-state index contributed by atoms with van der Waals surface area (Å²) in [7, 11) is -3.70. The Morgan fingerprint density at radius 3 is 2.33 bits per heavy atom. The van der Waals surface area contributed by atoms with Crippen molar-refractivity contribution >= 4 is 27.4 Å². The Labute approximate surface area is 192 Å². The number of hydrogen-bond donors (Lipinski definition) is 1. The van der Waals surface area contributed by atoms with E-state index < -0.39 is 15.9 Å². The van der Waals surface area contributed by atoms with Crippen LogP contribution in [0.1, 0.15) is 33.4 Å². The third-order valence-electron chi connectivity index (χ3n) is 5.44. The largest absolute Gasteiger partial charge is 0.451 e. The van der Waals surface area contributed by atoms with Gasteiger partial charge in [0.1, 0.15) is 5.76 Å². The summed E-state index contributed by atoms with van der Waals surface area (Å²) in [5.41, 5.74) is 2.26. The van der Waals surface area contributed by atoms with Crippen LogP contribution in [0, 0.1) is 6.92 Å². The number of hydrogen-bond acceptors (Lipinski definition) is 6. The third-order valence-corrected chi connectivity index (χ3v) is 7.48. The molecule has 0 spiro atoms. The van der Waals surface area contributed by atoms with Crippen molar-refractivity contribution in [2.75, 3.05) is 31.6 Å². The van der Waals surface area contributed by atoms with Gasteiger partial charge in [-0.2, -0.15) is 4.31 Å². The van der Waals surface area contributed by atoms with E-state index in [1.165, 1.54) is 17.3 Å². The molecule has 1 aliphatic rings. The van der Waals surface area contributed by atoms with Crippen LogP contribution in [0.2, 0.25) is 0 Å². The van der Waals surface area contributed by atoms with Crippen molar-refractivity contribution in [2.24, 2.45) is 0 Å². The molecule has 8 nitrogen and oxygen atoms in total. The Morgan fingerprint density at radius 2 is 1.67 bits per heavy atom. The topological polar surface area (TPSA) is 106 Å². The quantitative estimate of drug-likeness (QED) is 0.553. The lowest BCUT2D eigenvalue weighted by molar-refractivity contribution is 0.0730. The summed E-state index contributed by atoms with van der Waals surface area (Å²) in [6, 6.07) is 14.9. The number of nitrogens with one attached hydrogen (secondary N) is 1. The minimum Gasteiger partial charge on any atom is -0.451 e. The van der Waals surface area contributed by atoms with Crippen molar-refractivity contribution < 1.29 is 27.2 Å². The molecule has 0 saturated carbocycles. The molecular formula is C24H24N2O6S. The molecule has 1 fully saturated rings. The number of benzene rings is 2. The maximum Gasteiger partial charge on any atom is 0.291 e. The molecule has 33 heavy (non-hydrogen) atoms. The molecule has 0 bridgehead atoms. The first-order chi connectivity index (χ1) is 15.8. The van der Waals surface area contributed by atoms with Crippen molar-refractivity contribution in [1.29, 1.82) is 0 Å². The normalized spacial score (nSPS) is 14.7. The number of ketones is 1. The highest BCUT2D eigenvalue weighted by Gasteiger charge is 2.28. The second kappa shape index (κ2) is 9.30. The van der Waals surface area contributed by atoms with Crippen molar-refractivity contribution in [3.63, 3.8) is 0 Å². The molecule has 0 radical (unpaired) electrons. The number of nitrogens with zero attached hydrogens (tertiary/aromatic N) is 1. The first kappa shape index (κ1) is 22.9. The molecule has 9 heteroatoms. The molecule has 1 N–H and O–H groups in total. The zero-order chi connectivity index (χ0) is 23.6. The lowest BCUT2D eigenvalue weighted by Gasteiger charge is -2.26. The Hall–Kier alpha value is -3.27. The zero-order valence-corrected chi connectivity index (χ0v) is 19.1. The van der Waals surface area contributed by atoms with E-state index in [9.17, 15) is 18.0 Å². The Kier molecular flexibility index (Phi) is 6.46. The smallest absolute Gasteiger partial charge is 0.291 e. The average molecular weight is 469 g/mol. The van der Waals surface area contributed by atoms with Gasteiger partial charge in [0.25, 0.3) is 5.91 Å². The van der Waals surface area contributed by atoms with E-state index in [1.54, 1.807) is 55.5 Å². The van der Waals surface area contributed by atoms with Gasteiger partial charge in [0.2, 0.25) is 10.0 Å². The molecule has 3 aromatic rings. The Morgan fingerprint density at radius 1 is 0.970 bits per heavy atom. The fraction of sp³-hybridized carbons (Fsp3) is 0.250. The monoisotopic (exact) mass is 468 g/mol. The number of amides is 1. The standard InChI is InChI=1S/C24H24N2O6S/c1-16-3-8-20(15-23(16)33(29,30)26-11-13-31-14-12-26)25-24(28)22-10-9-21(32-22)19-6-4-18(5-7-19)17(2)27/h3-10,15H,11-14H2,1-2H3,(H,25,28). The Balaban J connectivity index is 1.52. The first-order valence-electron chi connectivity index (χ1n) is 10.5. The zero-order valence-electron chi connectivity index (χ0n) is 18.3. The number of carbonyl (C=O) groups is 2. The second-order valence-electron chi connectivity index (χ2n) is 7.75. The molecule has 1 aromatic heterocycles. The number of ether oxygens (including phenoxy) is 1. The Bertz CT molecular complexity index is 1290. The van der Waals surface area contributed by atoms with Gasteiger partial charge < -0.3 is 14.5 Å². The molecule has 0 atom stereocenters. The highest BCUT2D eigenvalue weighted by Crippen LogP contribution is 2.26. The van der Waals surface area contributed by atoms with Gasteiger partial charge in [0, 0.05) is 29.9 Å². The summed E-state index contributed by atoms with van der Waals surface area (Å²) in [4.78, 5) is 24.3. The molecular weight excluding hydrogens is 444 g/mol. The van der Waals surface area contributed by atoms with Crippen LogP contribution in [0.4, 0.5) is 5.69 Å². The average Bonchev–Trinajstić information content (AvgIpc) is 3.31. The van der Waals surface area contributed by atoms with Gasteiger partial charge in [-0.1, -0.05) is 30.3 Å². The van der Waals surface area contributed by atoms with Gasteiger partial charge in [0.15, 0.2) is 11.5 Å². The lowest BCUT2D eigenvalue weighted by atomic mass is 10.1. The van der Waals surface area contributed by atoms with E-state index >= 15 is 0 Å². The lowest BCUT2D eigenvalue weighted by Crippen LogP contribution is -2.40. The SMILES string of the molecule is CC(=O)c1ccc(-c2ccc(C(=O)Nc3ccc(C)c(S(=O)(=O)N4CCOCC4)c3)o2)cc1. The van der Waals surface area contributed by atoms with Crippen LogP contribution in [0.25, 0.3) is 11.3 Å². The maximum atomic E-state index is 13.1. The van der Waals surface area contributed by atoms with Gasteiger partial charge in [-0.25, -0.2) is 8.42 Å². The summed E-state index contributed by atoms with van der Waals surface area (Å²) >= 11 is 0. The van der Waals surface area contributed by atoms with Crippen LogP contribution in [-0.2, 0) is 14.8 Å². The summed E-state index contributed by atoms with van der Waals surface area (Å²) in [6.07, 6.45) is 0. The molecule has 172 valence electrons. The van der Waals surface area contributed by atoms with E-state index in [4.69, 9.17) is 9.15 Å². The molecule has 0 aliphatic carbocycles. The van der Waals surface area contributed by atoms with Crippen LogP contribution in [-0.4, -0.2) is 50.7 Å². The molecule has 1 aliphatic heterocycles. The van der Waals surface area contributed by atoms with Crippen LogP contribution in [0.15, 0.2) is 63.9 Å². The second-order valence-corrected chi connectivity index (χ2v) is 9.65. The molecule has 2 aromatic carbocycles. The molecule has 0 unspecified atom stereocenters. The number of sulfonamides is 1. The molecule has 4 rings (SSSR count). The molecule has 1 saturated heterocycles. The van der Waals surface area contributed by atoms with Gasteiger partial charge in [0.05, 0.1) is 18.1 Å². The summed E-state index contributed by atoms with van der Waals surface area (Å²) < 4.78 is 38.4. The number of rotatable bonds is 6. The third kappa shape index (κ3) is 4.90. The maximum absolute atomic E-state index is 13.1. The predicted octanol–water partition coefficient (Wildman–Crippen LogP) is 3.73. The van der Waals surface area contributed by atoms with Crippen LogP contribution >= 0.6 is 0 Å². The van der Waals surface area contributed by atoms with Gasteiger partial charge >= 0.3 is 0 Å². The number of aryl methyl sites for hydroxylation is 1. The highest BCUT2D eigenvalue weighted by atomic mass is 32.2. The minimum atomic E-state index is -3.70. The number of furan rings is 1. The van der Waals surface area contributed by atoms with Crippen LogP contribution < -0.4 is 5.32 Å². The van der Waals surface area contributed by atoms with Crippen LogP contribution in [0.3, 0.4) is 0 Å². The van der Waals surface area contributed by atoms with E-state index in [0.29, 0.717) is 48.9 Å². The minimum absolute atomic E-state index is 0.0332. The van der Waals surface area contributed by atoms with Crippen molar-refractivity contribution in [3.05, 3.63) is 71.5 Å². The van der Waals surface area contributed by atoms with Gasteiger partial charge in [-0.05, 0) is 43.7 Å².